The van der Waals surface area contributed by atoms with Crippen LogP contribution in [-0.4, -0.2) is 20.4 Å². The molecule has 2 unspecified atom stereocenters. The van der Waals surface area contributed by atoms with Gasteiger partial charge in [-0.1, -0.05) is 13.3 Å². The number of nitrogens with one attached hydrogen (secondary N) is 1. The van der Waals surface area contributed by atoms with Crippen molar-refractivity contribution >= 4 is 25.6 Å². The summed E-state index contributed by atoms with van der Waals surface area (Å²) in [6.07, 6.45) is 3.15. The third-order valence-electron chi connectivity index (χ3n) is 3.26. The summed E-state index contributed by atoms with van der Waals surface area (Å²) in [6, 6.07) is 1.35. The normalized spacial score (nSPS) is 22.3. The summed E-state index contributed by atoms with van der Waals surface area (Å²) in [5.41, 5.74) is 0. The molecule has 0 aromatic carbocycles. The van der Waals surface area contributed by atoms with Crippen LogP contribution in [0.4, 0.5) is 0 Å². The van der Waals surface area contributed by atoms with Crippen LogP contribution in [0.1, 0.15) is 42.5 Å². The Morgan fingerprint density at radius 1 is 1.58 bits per heavy atom. The monoisotopic (exact) mass is 305 g/mol. The van der Waals surface area contributed by atoms with Gasteiger partial charge in [0.05, 0.1) is 0 Å². The minimum Gasteiger partial charge on any atom is -0.455 e. The van der Waals surface area contributed by atoms with Crippen molar-refractivity contribution < 1.29 is 17.6 Å². The van der Waals surface area contributed by atoms with Gasteiger partial charge in [-0.2, -0.15) is 0 Å². The molecule has 7 heteroatoms. The topological polar surface area (TPSA) is 76.4 Å². The average Bonchev–Trinajstić information content (AvgIpc) is 2.87. The molecule has 0 radical (unpaired) electrons. The third-order valence-corrected chi connectivity index (χ3v) is 4.69. The molecular weight excluding hydrogens is 290 g/mol. The van der Waals surface area contributed by atoms with Crippen molar-refractivity contribution in [1.82, 2.24) is 5.32 Å². The fourth-order valence-corrected chi connectivity index (χ4v) is 3.27. The minimum absolute atomic E-state index is 0.0149. The number of halogens is 1. The summed E-state index contributed by atoms with van der Waals surface area (Å²) in [6.45, 7) is 3.56. The summed E-state index contributed by atoms with van der Waals surface area (Å²) in [5.74, 6) is 0.249. The first-order chi connectivity index (χ1) is 8.82. The van der Waals surface area contributed by atoms with E-state index in [1.807, 2.05) is 0 Å². The van der Waals surface area contributed by atoms with Gasteiger partial charge in [0.1, 0.15) is 10.7 Å². The first kappa shape index (κ1) is 14.4. The van der Waals surface area contributed by atoms with Gasteiger partial charge in [-0.3, -0.25) is 4.79 Å². The Morgan fingerprint density at radius 3 is 2.79 bits per heavy atom. The number of rotatable bonds is 5. The number of hydrogen-bond donors (Lipinski definition) is 1. The summed E-state index contributed by atoms with van der Waals surface area (Å²) >= 11 is 0. The molecule has 1 aliphatic carbocycles. The molecule has 1 heterocycles. The van der Waals surface area contributed by atoms with Gasteiger partial charge in [-0.15, -0.1) is 0 Å². The lowest BCUT2D eigenvalue weighted by atomic mass is 10.2. The van der Waals surface area contributed by atoms with Crippen molar-refractivity contribution in [3.63, 3.8) is 0 Å². The molecule has 1 N–H and O–H groups in total. The van der Waals surface area contributed by atoms with E-state index < -0.39 is 15.0 Å². The van der Waals surface area contributed by atoms with Gasteiger partial charge in [-0.25, -0.2) is 8.42 Å². The van der Waals surface area contributed by atoms with Crippen LogP contribution in [0.5, 0.6) is 0 Å². The summed E-state index contributed by atoms with van der Waals surface area (Å²) < 4.78 is 27.6. The zero-order valence-corrected chi connectivity index (χ0v) is 12.3. The predicted molar refractivity (Wildman–Crippen MR) is 70.8 cm³/mol. The Kier molecular flexibility index (Phi) is 3.92. The minimum atomic E-state index is -3.88. The van der Waals surface area contributed by atoms with Gasteiger partial charge in [0.25, 0.3) is 15.0 Å². The highest BCUT2D eigenvalue weighted by molar-refractivity contribution is 8.13. The van der Waals surface area contributed by atoms with E-state index in [2.05, 4.69) is 12.2 Å². The lowest BCUT2D eigenvalue weighted by molar-refractivity contribution is 0.0919. The van der Waals surface area contributed by atoms with Crippen LogP contribution in [0.25, 0.3) is 0 Å². The van der Waals surface area contributed by atoms with Gasteiger partial charge in [-0.05, 0) is 25.7 Å². The van der Waals surface area contributed by atoms with E-state index in [-0.39, 0.29) is 22.5 Å². The van der Waals surface area contributed by atoms with Crippen molar-refractivity contribution in [2.24, 2.45) is 5.92 Å². The van der Waals surface area contributed by atoms with Crippen LogP contribution in [-0.2, 0) is 9.05 Å². The van der Waals surface area contributed by atoms with Crippen molar-refractivity contribution in [3.8, 4) is 0 Å². The molecule has 0 saturated heterocycles. The molecule has 19 heavy (non-hydrogen) atoms. The zero-order valence-electron chi connectivity index (χ0n) is 10.8. The van der Waals surface area contributed by atoms with E-state index in [0.717, 1.165) is 19.3 Å². The van der Waals surface area contributed by atoms with Gasteiger partial charge >= 0.3 is 0 Å². The first-order valence-corrected chi connectivity index (χ1v) is 8.49. The summed E-state index contributed by atoms with van der Waals surface area (Å²) in [4.78, 5) is 11.7. The molecule has 1 aromatic heterocycles. The Morgan fingerprint density at radius 2 is 2.26 bits per heavy atom. The van der Waals surface area contributed by atoms with E-state index in [9.17, 15) is 13.2 Å². The van der Waals surface area contributed by atoms with E-state index in [0.29, 0.717) is 5.92 Å². The van der Waals surface area contributed by atoms with Gasteiger partial charge in [0.15, 0.2) is 5.76 Å². The molecule has 5 nitrogen and oxygen atoms in total. The third kappa shape index (κ3) is 3.30. The molecule has 2 atom stereocenters. The van der Waals surface area contributed by atoms with E-state index in [1.165, 1.54) is 13.0 Å². The van der Waals surface area contributed by atoms with Gasteiger partial charge in [0.2, 0.25) is 0 Å². The van der Waals surface area contributed by atoms with Crippen LogP contribution in [0, 0.1) is 12.8 Å². The molecule has 0 bridgehead atoms. The number of hydrogen-bond acceptors (Lipinski definition) is 4. The lowest BCUT2D eigenvalue weighted by Crippen LogP contribution is -2.26. The maximum atomic E-state index is 11.9. The highest BCUT2D eigenvalue weighted by Gasteiger charge is 2.38. The van der Waals surface area contributed by atoms with Crippen LogP contribution in [0.15, 0.2) is 15.4 Å². The van der Waals surface area contributed by atoms with Crippen molar-refractivity contribution in [2.75, 3.05) is 0 Å². The fraction of sp³-hybridized carbons (Fsp3) is 0.583. The first-order valence-electron chi connectivity index (χ1n) is 6.19. The maximum absolute atomic E-state index is 11.9. The van der Waals surface area contributed by atoms with E-state index >= 15 is 0 Å². The average molecular weight is 306 g/mol. The van der Waals surface area contributed by atoms with Crippen LogP contribution >= 0.6 is 10.7 Å². The Hall–Kier alpha value is -1.01. The Balaban J connectivity index is 2.05. The van der Waals surface area contributed by atoms with Crippen LogP contribution in [0.2, 0.25) is 0 Å². The maximum Gasteiger partial charge on any atom is 0.287 e. The van der Waals surface area contributed by atoms with E-state index in [1.54, 1.807) is 0 Å². The molecule has 2 rings (SSSR count). The second-order valence-corrected chi connectivity index (χ2v) is 7.37. The predicted octanol–water partition coefficient (Wildman–Crippen LogP) is 2.43. The smallest absolute Gasteiger partial charge is 0.287 e. The quantitative estimate of drug-likeness (QED) is 0.848. The molecule has 1 saturated carbocycles. The van der Waals surface area contributed by atoms with Crippen LogP contribution in [0.3, 0.4) is 0 Å². The molecule has 1 fully saturated rings. The van der Waals surface area contributed by atoms with Gasteiger partial charge in [0, 0.05) is 22.8 Å². The number of aryl methyl sites for hydroxylation is 1. The molecule has 1 amide bonds. The molecular formula is C12H16ClNO4S. The summed E-state index contributed by atoms with van der Waals surface area (Å²) in [5, 5.41) is 2.83. The second-order valence-electron chi connectivity index (χ2n) is 4.83. The number of carbonyl (C=O) groups excluding carboxylic acids is 1. The second kappa shape index (κ2) is 5.17. The Bertz CT molecular complexity index is 593. The highest BCUT2D eigenvalue weighted by Crippen LogP contribution is 2.35. The zero-order chi connectivity index (χ0) is 14.2. The van der Waals surface area contributed by atoms with Crippen LogP contribution < -0.4 is 5.32 Å². The summed E-state index contributed by atoms with van der Waals surface area (Å²) in [7, 11) is 1.36. The van der Waals surface area contributed by atoms with Gasteiger partial charge < -0.3 is 9.73 Å². The van der Waals surface area contributed by atoms with Crippen molar-refractivity contribution in [2.45, 2.75) is 44.0 Å². The number of furan rings is 1. The molecule has 0 spiro atoms. The number of amides is 1. The molecule has 1 aromatic rings. The van der Waals surface area contributed by atoms with Crippen molar-refractivity contribution in [3.05, 3.63) is 17.6 Å². The fourth-order valence-electron chi connectivity index (χ4n) is 2.17. The van der Waals surface area contributed by atoms with E-state index in [4.69, 9.17) is 15.1 Å². The molecule has 0 aliphatic heterocycles. The highest BCUT2D eigenvalue weighted by atomic mass is 35.7. The van der Waals surface area contributed by atoms with Crippen molar-refractivity contribution in [1.29, 1.82) is 0 Å². The SMILES string of the molecule is CCCC1CC1NC(=O)c1cc(S(=O)(=O)Cl)c(C)o1. The number of carbonyl (C=O) groups is 1. The largest absolute Gasteiger partial charge is 0.455 e. The lowest BCUT2D eigenvalue weighted by Gasteiger charge is -2.01. The standard InChI is InChI=1S/C12H16ClNO4S/c1-3-4-8-5-9(8)14-12(15)10-6-11(7(2)18-10)19(13,16)17/h6,8-9H,3-5H2,1-2H3,(H,14,15). The molecule has 106 valence electrons. The Labute approximate surface area is 116 Å². The molecule has 1 aliphatic rings.